The molecule has 0 aliphatic carbocycles. The zero-order chi connectivity index (χ0) is 23.7. The van der Waals surface area contributed by atoms with Gasteiger partial charge in [-0.25, -0.2) is 13.4 Å². The highest BCUT2D eigenvalue weighted by Crippen LogP contribution is 2.30. The molecule has 1 aromatic heterocycles. The van der Waals surface area contributed by atoms with Crippen LogP contribution in [-0.4, -0.2) is 42.6 Å². The van der Waals surface area contributed by atoms with Crippen LogP contribution < -0.4 is 14.8 Å². The highest BCUT2D eigenvalue weighted by molar-refractivity contribution is 9.10. The molecule has 3 aromatic rings. The number of rotatable bonds is 12. The quantitative estimate of drug-likeness (QED) is 0.257. The zero-order valence-corrected chi connectivity index (χ0v) is 20.2. The Balaban J connectivity index is 1.82. The Hall–Kier alpha value is -2.89. The first-order valence-electron chi connectivity index (χ1n) is 10.3. The number of hydrogen-bond donors (Lipinski definition) is 4. The van der Waals surface area contributed by atoms with Crippen LogP contribution >= 0.6 is 15.9 Å². The highest BCUT2D eigenvalue weighted by atomic mass is 79.9. The first kappa shape index (κ1) is 24.7. The Kier molecular flexibility index (Phi) is 8.87. The number of imidazole rings is 1. The van der Waals surface area contributed by atoms with E-state index < -0.39 is 15.9 Å². The average molecular weight is 537 g/mol. The minimum absolute atomic E-state index is 0.0943. The predicted molar refractivity (Wildman–Crippen MR) is 129 cm³/mol. The van der Waals surface area contributed by atoms with Crippen LogP contribution in [0.4, 0.5) is 11.4 Å². The number of ether oxygens (including phenoxy) is 1. The molecular weight excluding hydrogens is 512 g/mol. The number of carbonyl (C=O) groups excluding carboxylic acids is 1. The van der Waals surface area contributed by atoms with Crippen molar-refractivity contribution >= 4 is 43.2 Å². The molecule has 0 bridgehead atoms. The van der Waals surface area contributed by atoms with Gasteiger partial charge in [0.15, 0.2) is 0 Å². The number of unbranched alkanes of at least 4 members (excludes halogenated alkanes) is 3. The fraction of sp³-hybridized carbons (Fsp3) is 0.273. The van der Waals surface area contributed by atoms with Crippen LogP contribution in [0.25, 0.3) is 0 Å². The molecule has 9 nitrogen and oxygen atoms in total. The normalized spacial score (nSPS) is 11.2. The topological polar surface area (TPSA) is 133 Å². The molecule has 0 aliphatic heterocycles. The molecule has 0 saturated heterocycles. The van der Waals surface area contributed by atoms with Crippen molar-refractivity contribution in [1.82, 2.24) is 9.97 Å². The van der Waals surface area contributed by atoms with Crippen LogP contribution in [-0.2, 0) is 10.0 Å². The van der Waals surface area contributed by atoms with E-state index in [4.69, 9.17) is 9.84 Å². The molecule has 1 amide bonds. The first-order chi connectivity index (χ1) is 15.9. The van der Waals surface area contributed by atoms with Crippen molar-refractivity contribution < 1.29 is 23.1 Å². The number of sulfonamides is 1. The van der Waals surface area contributed by atoms with Gasteiger partial charge in [-0.15, -0.1) is 0 Å². The molecule has 3 rings (SSSR count). The molecule has 4 N–H and O–H groups in total. The summed E-state index contributed by atoms with van der Waals surface area (Å²) < 4.78 is 35.5. The zero-order valence-electron chi connectivity index (χ0n) is 17.8. The Morgan fingerprint density at radius 1 is 1.06 bits per heavy atom. The minimum Gasteiger partial charge on any atom is -0.492 e. The van der Waals surface area contributed by atoms with E-state index in [1.807, 2.05) is 0 Å². The van der Waals surface area contributed by atoms with Crippen molar-refractivity contribution in [3.63, 3.8) is 0 Å². The maximum absolute atomic E-state index is 13.2. The van der Waals surface area contributed by atoms with E-state index in [1.165, 1.54) is 24.7 Å². The summed E-state index contributed by atoms with van der Waals surface area (Å²) in [6, 6.07) is 11.2. The Morgan fingerprint density at radius 2 is 1.79 bits per heavy atom. The molecular formula is C22H25BrN4O5S. The largest absolute Gasteiger partial charge is 0.492 e. The molecule has 33 heavy (non-hydrogen) atoms. The smallest absolute Gasteiger partial charge is 0.273 e. The number of nitrogens with one attached hydrogen (secondary N) is 3. The number of aromatic nitrogens is 2. The van der Waals surface area contributed by atoms with Crippen LogP contribution in [0.5, 0.6) is 5.75 Å². The highest BCUT2D eigenvalue weighted by Gasteiger charge is 2.22. The van der Waals surface area contributed by atoms with Crippen molar-refractivity contribution in [3.05, 3.63) is 65.2 Å². The second-order valence-electron chi connectivity index (χ2n) is 7.18. The van der Waals surface area contributed by atoms with Crippen molar-refractivity contribution in [2.75, 3.05) is 23.3 Å². The van der Waals surface area contributed by atoms with Crippen molar-refractivity contribution in [2.24, 2.45) is 0 Å². The molecule has 0 atom stereocenters. The van der Waals surface area contributed by atoms with Crippen molar-refractivity contribution in [3.8, 4) is 5.75 Å². The standard InChI is InChI=1S/C22H25BrN4O5S/c23-16-5-7-17(8-6-16)27-33(30,31)21-13-18(26-22(29)19-14-24-15-25-19)9-10-20(21)32-12-4-2-1-3-11-28/h5-10,13-15,27-28H,1-4,11-12H2,(H,24,25)(H,26,29). The second kappa shape index (κ2) is 11.8. The van der Waals surface area contributed by atoms with E-state index in [0.717, 1.165) is 30.2 Å². The van der Waals surface area contributed by atoms with Gasteiger partial charge in [-0.2, -0.15) is 0 Å². The van der Waals surface area contributed by atoms with Gasteiger partial charge in [-0.3, -0.25) is 9.52 Å². The summed E-state index contributed by atoms with van der Waals surface area (Å²) in [6.07, 6.45) is 5.92. The number of amides is 1. The number of aromatic amines is 1. The van der Waals surface area contributed by atoms with Crippen LogP contribution in [0, 0.1) is 0 Å². The summed E-state index contributed by atoms with van der Waals surface area (Å²) in [7, 11) is -4.02. The van der Waals surface area contributed by atoms with E-state index in [9.17, 15) is 13.2 Å². The number of hydrogen-bond acceptors (Lipinski definition) is 6. The first-order valence-corrected chi connectivity index (χ1v) is 12.6. The van der Waals surface area contributed by atoms with Gasteiger partial charge in [0.2, 0.25) is 0 Å². The summed E-state index contributed by atoms with van der Waals surface area (Å²) >= 11 is 3.32. The van der Waals surface area contributed by atoms with Crippen molar-refractivity contribution in [1.29, 1.82) is 0 Å². The van der Waals surface area contributed by atoms with Crippen LogP contribution in [0.3, 0.4) is 0 Å². The molecule has 11 heteroatoms. The molecule has 176 valence electrons. The third-order valence-electron chi connectivity index (χ3n) is 4.64. The minimum atomic E-state index is -4.02. The number of carbonyl (C=O) groups is 1. The molecule has 0 fully saturated rings. The van der Waals surface area contributed by atoms with Gasteiger partial charge in [0.25, 0.3) is 15.9 Å². The van der Waals surface area contributed by atoms with Gasteiger partial charge < -0.3 is 20.1 Å². The number of aliphatic hydroxyl groups excluding tert-OH is 1. The number of aliphatic hydroxyl groups is 1. The van der Waals surface area contributed by atoms with Gasteiger partial charge in [0, 0.05) is 22.5 Å². The SMILES string of the molecule is O=C(Nc1ccc(OCCCCCCO)c(S(=O)(=O)Nc2ccc(Br)cc2)c1)c1cnc[nH]1. The van der Waals surface area contributed by atoms with E-state index in [0.29, 0.717) is 18.0 Å². The lowest BCUT2D eigenvalue weighted by Gasteiger charge is -2.15. The lowest BCUT2D eigenvalue weighted by atomic mass is 10.2. The Morgan fingerprint density at radius 3 is 2.48 bits per heavy atom. The number of anilines is 2. The predicted octanol–water partition coefficient (Wildman–Crippen LogP) is 4.16. The van der Waals surface area contributed by atoms with Gasteiger partial charge >= 0.3 is 0 Å². The number of nitrogens with zero attached hydrogens (tertiary/aromatic N) is 1. The van der Waals surface area contributed by atoms with Crippen LogP contribution in [0.2, 0.25) is 0 Å². The summed E-state index contributed by atoms with van der Waals surface area (Å²) in [4.78, 5) is 18.8. The van der Waals surface area contributed by atoms with E-state index >= 15 is 0 Å². The molecule has 0 aliphatic rings. The van der Waals surface area contributed by atoms with Crippen molar-refractivity contribution in [2.45, 2.75) is 30.6 Å². The van der Waals surface area contributed by atoms with Crippen LogP contribution in [0.1, 0.15) is 36.2 Å². The van der Waals surface area contributed by atoms with E-state index in [-0.39, 0.29) is 22.9 Å². The fourth-order valence-electron chi connectivity index (χ4n) is 2.97. The van der Waals surface area contributed by atoms with E-state index in [2.05, 4.69) is 35.9 Å². The second-order valence-corrected chi connectivity index (χ2v) is 9.75. The summed E-state index contributed by atoms with van der Waals surface area (Å²) in [5.41, 5.74) is 0.928. The fourth-order valence-corrected chi connectivity index (χ4v) is 4.47. The van der Waals surface area contributed by atoms with Gasteiger partial charge in [-0.05, 0) is 61.7 Å². The molecule has 0 unspecified atom stereocenters. The van der Waals surface area contributed by atoms with Gasteiger partial charge in [0.1, 0.15) is 16.3 Å². The summed E-state index contributed by atoms with van der Waals surface area (Å²) in [5.74, 6) is -0.268. The Labute approximate surface area is 200 Å². The molecule has 1 heterocycles. The lowest BCUT2D eigenvalue weighted by Crippen LogP contribution is -2.17. The third-order valence-corrected chi connectivity index (χ3v) is 6.57. The number of H-pyrrole nitrogens is 1. The maximum Gasteiger partial charge on any atom is 0.273 e. The van der Waals surface area contributed by atoms with Crippen LogP contribution in [0.15, 0.2) is 64.4 Å². The summed E-state index contributed by atoms with van der Waals surface area (Å²) in [5, 5.41) is 11.5. The molecule has 0 saturated carbocycles. The van der Waals surface area contributed by atoms with Gasteiger partial charge in [0.05, 0.1) is 19.1 Å². The number of benzene rings is 2. The molecule has 2 aromatic carbocycles. The van der Waals surface area contributed by atoms with Gasteiger partial charge in [-0.1, -0.05) is 22.4 Å². The molecule has 0 spiro atoms. The molecule has 0 radical (unpaired) electrons. The lowest BCUT2D eigenvalue weighted by molar-refractivity contribution is 0.102. The third kappa shape index (κ3) is 7.31. The van der Waals surface area contributed by atoms with E-state index in [1.54, 1.807) is 30.3 Å². The average Bonchev–Trinajstić information content (AvgIpc) is 3.33. The maximum atomic E-state index is 13.2. The monoisotopic (exact) mass is 536 g/mol. The number of halogens is 1. The Bertz CT molecular complexity index is 1150. The summed E-state index contributed by atoms with van der Waals surface area (Å²) in [6.45, 7) is 0.475.